The van der Waals surface area contributed by atoms with Crippen LogP contribution in [-0.2, 0) is 16.1 Å². The molecule has 1 unspecified atom stereocenters. The van der Waals surface area contributed by atoms with Gasteiger partial charge in [0.1, 0.15) is 5.84 Å². The van der Waals surface area contributed by atoms with Crippen LogP contribution in [0.5, 0.6) is 0 Å². The van der Waals surface area contributed by atoms with E-state index in [9.17, 15) is 0 Å². The molecule has 4 nitrogen and oxygen atoms in total. The highest BCUT2D eigenvalue weighted by molar-refractivity contribution is 5.96. The number of hydrogen-bond acceptors (Lipinski definition) is 3. The van der Waals surface area contributed by atoms with Crippen molar-refractivity contribution in [1.82, 2.24) is 0 Å². The van der Waals surface area contributed by atoms with Crippen LogP contribution >= 0.6 is 0 Å². The van der Waals surface area contributed by atoms with Crippen molar-refractivity contribution >= 4 is 5.84 Å². The van der Waals surface area contributed by atoms with Crippen molar-refractivity contribution in [2.45, 2.75) is 25.6 Å². The maximum Gasteiger partial charge on any atom is 0.123 e. The van der Waals surface area contributed by atoms with Crippen LogP contribution in [0.15, 0.2) is 24.3 Å². The third-order valence-corrected chi connectivity index (χ3v) is 2.89. The SMILES string of the molecule is N=C(N)c1ccccc1COCC1CCCO1. The van der Waals surface area contributed by atoms with Gasteiger partial charge in [-0.3, -0.25) is 5.41 Å². The molecule has 0 radical (unpaired) electrons. The Kier molecular flexibility index (Phi) is 4.12. The molecule has 1 heterocycles. The summed E-state index contributed by atoms with van der Waals surface area (Å²) in [5.74, 6) is 0.0846. The number of nitrogen functional groups attached to an aromatic ring is 1. The summed E-state index contributed by atoms with van der Waals surface area (Å²) in [5, 5.41) is 7.48. The number of amidine groups is 1. The zero-order valence-corrected chi connectivity index (χ0v) is 9.82. The zero-order chi connectivity index (χ0) is 12.1. The third-order valence-electron chi connectivity index (χ3n) is 2.89. The lowest BCUT2D eigenvalue weighted by Gasteiger charge is -2.12. The molecular weight excluding hydrogens is 216 g/mol. The van der Waals surface area contributed by atoms with Crippen molar-refractivity contribution in [3.8, 4) is 0 Å². The van der Waals surface area contributed by atoms with Gasteiger partial charge in [0.2, 0.25) is 0 Å². The van der Waals surface area contributed by atoms with Crippen LogP contribution < -0.4 is 5.73 Å². The number of nitrogens with one attached hydrogen (secondary N) is 1. The normalized spacial score (nSPS) is 19.4. The minimum Gasteiger partial charge on any atom is -0.384 e. The van der Waals surface area contributed by atoms with Gasteiger partial charge in [-0.15, -0.1) is 0 Å². The van der Waals surface area contributed by atoms with Gasteiger partial charge < -0.3 is 15.2 Å². The lowest BCUT2D eigenvalue weighted by molar-refractivity contribution is 0.0105. The standard InChI is InChI=1S/C13H18N2O2/c14-13(15)12-6-2-1-4-10(12)8-16-9-11-5-3-7-17-11/h1-2,4,6,11H,3,5,7-9H2,(H3,14,15). The van der Waals surface area contributed by atoms with Gasteiger partial charge in [0.25, 0.3) is 0 Å². The lowest BCUT2D eigenvalue weighted by Crippen LogP contribution is -2.17. The first-order valence-electron chi connectivity index (χ1n) is 5.89. The molecule has 1 aromatic carbocycles. The Morgan fingerprint density at radius 1 is 1.47 bits per heavy atom. The van der Waals surface area contributed by atoms with E-state index >= 15 is 0 Å². The molecule has 0 amide bonds. The highest BCUT2D eigenvalue weighted by Gasteiger charge is 2.15. The quantitative estimate of drug-likeness (QED) is 0.601. The second kappa shape index (κ2) is 5.80. The number of nitrogens with two attached hydrogens (primary N) is 1. The fourth-order valence-electron chi connectivity index (χ4n) is 1.99. The van der Waals surface area contributed by atoms with Gasteiger partial charge in [0, 0.05) is 12.2 Å². The monoisotopic (exact) mass is 234 g/mol. The Hall–Kier alpha value is -1.39. The highest BCUT2D eigenvalue weighted by atomic mass is 16.5. The second-order valence-electron chi connectivity index (χ2n) is 4.22. The molecule has 4 heteroatoms. The van der Waals surface area contributed by atoms with Gasteiger partial charge in [-0.2, -0.15) is 0 Å². The fourth-order valence-corrected chi connectivity index (χ4v) is 1.99. The Bertz CT molecular complexity index is 387. The number of benzene rings is 1. The summed E-state index contributed by atoms with van der Waals surface area (Å²) in [6, 6.07) is 7.58. The molecule has 1 aliphatic rings. The Morgan fingerprint density at radius 3 is 3.00 bits per heavy atom. The summed E-state index contributed by atoms with van der Waals surface area (Å²) in [7, 11) is 0. The van der Waals surface area contributed by atoms with Crippen LogP contribution in [-0.4, -0.2) is 25.2 Å². The van der Waals surface area contributed by atoms with E-state index in [1.807, 2.05) is 24.3 Å². The average Bonchev–Trinajstić information content (AvgIpc) is 2.82. The number of rotatable bonds is 5. The van der Waals surface area contributed by atoms with Crippen molar-refractivity contribution in [2.75, 3.05) is 13.2 Å². The van der Waals surface area contributed by atoms with Crippen molar-refractivity contribution in [2.24, 2.45) is 5.73 Å². The van der Waals surface area contributed by atoms with E-state index in [2.05, 4.69) is 0 Å². The molecule has 0 bridgehead atoms. The molecule has 0 aliphatic carbocycles. The summed E-state index contributed by atoms with van der Waals surface area (Å²) in [6.45, 7) is 1.94. The molecule has 17 heavy (non-hydrogen) atoms. The van der Waals surface area contributed by atoms with E-state index in [0.29, 0.717) is 13.2 Å². The summed E-state index contributed by atoms with van der Waals surface area (Å²) in [6.07, 6.45) is 2.44. The lowest BCUT2D eigenvalue weighted by atomic mass is 10.1. The van der Waals surface area contributed by atoms with Crippen LogP contribution in [0, 0.1) is 5.41 Å². The molecule has 1 aromatic rings. The van der Waals surface area contributed by atoms with Crippen molar-refractivity contribution in [1.29, 1.82) is 5.41 Å². The maximum atomic E-state index is 7.48. The van der Waals surface area contributed by atoms with Gasteiger partial charge in [-0.25, -0.2) is 0 Å². The molecule has 1 atom stereocenters. The van der Waals surface area contributed by atoms with E-state index in [-0.39, 0.29) is 11.9 Å². The van der Waals surface area contributed by atoms with Gasteiger partial charge in [0.15, 0.2) is 0 Å². The topological polar surface area (TPSA) is 68.3 Å². The first kappa shape index (κ1) is 12.1. The molecule has 0 spiro atoms. The summed E-state index contributed by atoms with van der Waals surface area (Å²) in [4.78, 5) is 0. The molecule has 92 valence electrons. The van der Waals surface area contributed by atoms with Crippen molar-refractivity contribution in [3.05, 3.63) is 35.4 Å². The molecule has 2 rings (SSSR count). The maximum absolute atomic E-state index is 7.48. The van der Waals surface area contributed by atoms with E-state index < -0.39 is 0 Å². The molecule has 0 aromatic heterocycles. The Labute approximate surface area is 101 Å². The van der Waals surface area contributed by atoms with Gasteiger partial charge in [-0.1, -0.05) is 24.3 Å². The number of ether oxygens (including phenoxy) is 2. The average molecular weight is 234 g/mol. The summed E-state index contributed by atoms with van der Waals surface area (Å²) in [5.41, 5.74) is 7.22. The molecule has 1 saturated heterocycles. The second-order valence-corrected chi connectivity index (χ2v) is 4.22. The molecule has 1 fully saturated rings. The zero-order valence-electron chi connectivity index (χ0n) is 9.82. The van der Waals surface area contributed by atoms with E-state index in [1.54, 1.807) is 0 Å². The van der Waals surface area contributed by atoms with E-state index in [4.69, 9.17) is 20.6 Å². The summed E-state index contributed by atoms with van der Waals surface area (Å²) < 4.78 is 11.1. The van der Waals surface area contributed by atoms with Crippen LogP contribution in [0.1, 0.15) is 24.0 Å². The first-order valence-corrected chi connectivity index (χ1v) is 5.89. The molecule has 0 saturated carbocycles. The smallest absolute Gasteiger partial charge is 0.123 e. The van der Waals surface area contributed by atoms with Crippen molar-refractivity contribution in [3.63, 3.8) is 0 Å². The molecule has 1 aliphatic heterocycles. The minimum atomic E-state index is 0.0846. The van der Waals surface area contributed by atoms with Gasteiger partial charge in [0.05, 0.1) is 19.3 Å². The van der Waals surface area contributed by atoms with E-state index in [1.165, 1.54) is 0 Å². The third kappa shape index (κ3) is 3.28. The predicted octanol–water partition coefficient (Wildman–Crippen LogP) is 1.67. The van der Waals surface area contributed by atoms with E-state index in [0.717, 1.165) is 30.6 Å². The van der Waals surface area contributed by atoms with Crippen LogP contribution in [0.2, 0.25) is 0 Å². The largest absolute Gasteiger partial charge is 0.384 e. The number of hydrogen-bond donors (Lipinski definition) is 2. The molecule has 3 N–H and O–H groups in total. The fraction of sp³-hybridized carbons (Fsp3) is 0.462. The first-order chi connectivity index (χ1) is 8.27. The Balaban J connectivity index is 1.87. The van der Waals surface area contributed by atoms with Crippen molar-refractivity contribution < 1.29 is 9.47 Å². The minimum absolute atomic E-state index is 0.0846. The van der Waals surface area contributed by atoms with Crippen LogP contribution in [0.3, 0.4) is 0 Å². The van der Waals surface area contributed by atoms with Crippen LogP contribution in [0.25, 0.3) is 0 Å². The van der Waals surface area contributed by atoms with Gasteiger partial charge >= 0.3 is 0 Å². The molecular formula is C13H18N2O2. The van der Waals surface area contributed by atoms with Gasteiger partial charge in [-0.05, 0) is 18.4 Å². The van der Waals surface area contributed by atoms with Crippen LogP contribution in [0.4, 0.5) is 0 Å². The predicted molar refractivity (Wildman–Crippen MR) is 66.1 cm³/mol. The Morgan fingerprint density at radius 2 is 2.29 bits per heavy atom. The summed E-state index contributed by atoms with van der Waals surface area (Å²) >= 11 is 0. The highest BCUT2D eigenvalue weighted by Crippen LogP contribution is 2.14.